The summed E-state index contributed by atoms with van der Waals surface area (Å²) in [5.41, 5.74) is 1.03. The van der Waals surface area contributed by atoms with E-state index in [1.165, 1.54) is 0 Å². The fourth-order valence-corrected chi connectivity index (χ4v) is 4.90. The average molecular weight is 407 g/mol. The molecular formula is C19H23BrN2O3. The van der Waals surface area contributed by atoms with Crippen molar-refractivity contribution in [3.63, 3.8) is 0 Å². The van der Waals surface area contributed by atoms with Crippen molar-refractivity contribution in [2.45, 2.75) is 50.8 Å². The molecule has 4 rings (SSSR count). The molecule has 0 radical (unpaired) electrons. The predicted octanol–water partition coefficient (Wildman–Crippen LogP) is 3.46. The third kappa shape index (κ3) is 3.41. The van der Waals surface area contributed by atoms with Crippen molar-refractivity contribution in [1.29, 1.82) is 0 Å². The van der Waals surface area contributed by atoms with Crippen LogP contribution in [0, 0.1) is 11.8 Å². The lowest BCUT2D eigenvalue weighted by atomic mass is 9.84. The molecule has 1 N–H and O–H groups in total. The molecule has 3 fully saturated rings. The SMILES string of the molecule is O=C(NCc1ccc(Br)cc1)OC1CC2CC1[C@H]1CCCCN1C2=O. The summed E-state index contributed by atoms with van der Waals surface area (Å²) in [7, 11) is 0. The zero-order valence-corrected chi connectivity index (χ0v) is 15.7. The lowest BCUT2D eigenvalue weighted by Gasteiger charge is -2.43. The summed E-state index contributed by atoms with van der Waals surface area (Å²) < 4.78 is 6.74. The van der Waals surface area contributed by atoms with Gasteiger partial charge in [0, 0.05) is 35.4 Å². The molecule has 4 atom stereocenters. The molecule has 2 aliphatic heterocycles. The lowest BCUT2D eigenvalue weighted by Crippen LogP contribution is -2.53. The Balaban J connectivity index is 1.35. The third-order valence-corrected chi connectivity index (χ3v) is 6.36. The van der Waals surface area contributed by atoms with Gasteiger partial charge in [-0.25, -0.2) is 4.79 Å². The van der Waals surface area contributed by atoms with E-state index < -0.39 is 0 Å². The van der Waals surface area contributed by atoms with E-state index in [1.807, 2.05) is 24.3 Å². The van der Waals surface area contributed by atoms with E-state index in [2.05, 4.69) is 26.1 Å². The number of amides is 2. The van der Waals surface area contributed by atoms with Crippen molar-refractivity contribution in [2.24, 2.45) is 11.8 Å². The summed E-state index contributed by atoms with van der Waals surface area (Å²) in [6.45, 7) is 1.32. The zero-order valence-electron chi connectivity index (χ0n) is 14.1. The molecule has 2 saturated heterocycles. The van der Waals surface area contributed by atoms with Gasteiger partial charge >= 0.3 is 6.09 Å². The molecular weight excluding hydrogens is 384 g/mol. The van der Waals surface area contributed by atoms with Crippen molar-refractivity contribution in [3.8, 4) is 0 Å². The lowest BCUT2D eigenvalue weighted by molar-refractivity contribution is -0.143. The number of ether oxygens (including phenoxy) is 1. The van der Waals surface area contributed by atoms with Crippen LogP contribution in [0.2, 0.25) is 0 Å². The number of hydrogen-bond donors (Lipinski definition) is 1. The summed E-state index contributed by atoms with van der Waals surface area (Å²) in [4.78, 5) is 26.8. The van der Waals surface area contributed by atoms with Crippen LogP contribution in [0.15, 0.2) is 28.7 Å². The Morgan fingerprint density at radius 3 is 2.84 bits per heavy atom. The Bertz CT molecular complexity index is 663. The van der Waals surface area contributed by atoms with Crippen LogP contribution in [0.1, 0.15) is 37.7 Å². The molecule has 3 aliphatic rings. The minimum atomic E-state index is -0.379. The number of nitrogens with zero attached hydrogens (tertiary/aromatic N) is 1. The highest BCUT2D eigenvalue weighted by Crippen LogP contribution is 2.45. The maximum absolute atomic E-state index is 12.6. The van der Waals surface area contributed by atoms with Crippen LogP contribution in [0.4, 0.5) is 4.79 Å². The summed E-state index contributed by atoms with van der Waals surface area (Å²) in [5, 5.41) is 2.83. The molecule has 1 aliphatic carbocycles. The molecule has 2 amide bonds. The van der Waals surface area contributed by atoms with Gasteiger partial charge in [-0.05, 0) is 49.8 Å². The highest BCUT2D eigenvalue weighted by atomic mass is 79.9. The van der Waals surface area contributed by atoms with Crippen molar-refractivity contribution in [2.75, 3.05) is 6.54 Å². The topological polar surface area (TPSA) is 58.6 Å². The van der Waals surface area contributed by atoms with Crippen LogP contribution in [0.5, 0.6) is 0 Å². The number of rotatable bonds is 3. The summed E-state index contributed by atoms with van der Waals surface area (Å²) in [5.74, 6) is 0.632. The molecule has 6 heteroatoms. The quantitative estimate of drug-likeness (QED) is 0.835. The number of carbonyl (C=O) groups is 2. The summed E-state index contributed by atoms with van der Waals surface area (Å²) >= 11 is 3.40. The molecule has 134 valence electrons. The predicted molar refractivity (Wildman–Crippen MR) is 96.8 cm³/mol. The van der Waals surface area contributed by atoms with E-state index in [1.54, 1.807) is 0 Å². The van der Waals surface area contributed by atoms with Crippen LogP contribution in [0.3, 0.4) is 0 Å². The van der Waals surface area contributed by atoms with E-state index >= 15 is 0 Å². The number of halogens is 1. The van der Waals surface area contributed by atoms with E-state index in [4.69, 9.17) is 4.74 Å². The number of carbonyl (C=O) groups excluding carboxylic acids is 2. The largest absolute Gasteiger partial charge is 0.446 e. The Morgan fingerprint density at radius 1 is 1.24 bits per heavy atom. The van der Waals surface area contributed by atoms with E-state index in [-0.39, 0.29) is 30.1 Å². The van der Waals surface area contributed by atoms with Crippen LogP contribution < -0.4 is 5.32 Å². The van der Waals surface area contributed by atoms with Gasteiger partial charge in [-0.1, -0.05) is 28.1 Å². The molecule has 2 heterocycles. The number of alkyl carbamates (subject to hydrolysis) is 1. The first-order valence-electron chi connectivity index (χ1n) is 9.11. The Hall–Kier alpha value is -1.56. The van der Waals surface area contributed by atoms with E-state index in [0.717, 1.165) is 42.3 Å². The first-order valence-corrected chi connectivity index (χ1v) is 9.90. The van der Waals surface area contributed by atoms with Gasteiger partial charge in [0.05, 0.1) is 0 Å². The normalized spacial score (nSPS) is 30.8. The van der Waals surface area contributed by atoms with E-state index in [9.17, 15) is 9.59 Å². The first-order chi connectivity index (χ1) is 12.1. The maximum atomic E-state index is 12.6. The molecule has 0 aromatic heterocycles. The molecule has 1 saturated carbocycles. The average Bonchev–Trinajstić information content (AvgIpc) is 3.00. The van der Waals surface area contributed by atoms with E-state index in [0.29, 0.717) is 18.9 Å². The second kappa shape index (κ2) is 6.98. The Morgan fingerprint density at radius 2 is 2.04 bits per heavy atom. The second-order valence-corrected chi connectivity index (χ2v) is 8.27. The standard InChI is InChI=1S/C19H23BrN2O3/c20-14-6-4-12(5-7-14)11-21-19(24)25-17-10-13-9-15(17)16-3-1-2-8-22(16)18(13)23/h4-7,13,15-17H,1-3,8-11H2,(H,21,24)/t13?,15?,16-,17?/m1/s1. The third-order valence-electron chi connectivity index (χ3n) is 5.84. The van der Waals surface area contributed by atoms with Gasteiger partial charge < -0.3 is 15.0 Å². The number of piperidine rings is 2. The monoisotopic (exact) mass is 406 g/mol. The van der Waals surface area contributed by atoms with Gasteiger partial charge in [0.2, 0.25) is 5.91 Å². The minimum absolute atomic E-state index is 0.0450. The summed E-state index contributed by atoms with van der Waals surface area (Å²) in [6, 6.07) is 8.10. The maximum Gasteiger partial charge on any atom is 0.407 e. The fourth-order valence-electron chi connectivity index (χ4n) is 4.64. The first kappa shape index (κ1) is 16.9. The van der Waals surface area contributed by atoms with Gasteiger partial charge in [-0.3, -0.25) is 4.79 Å². The molecule has 1 aromatic rings. The number of hydrogen-bond acceptors (Lipinski definition) is 3. The van der Waals surface area contributed by atoms with Crippen LogP contribution in [-0.2, 0) is 16.1 Å². The molecule has 3 unspecified atom stereocenters. The summed E-state index contributed by atoms with van der Waals surface area (Å²) in [6.07, 6.45) is 4.36. The molecule has 2 bridgehead atoms. The van der Waals surface area contributed by atoms with Crippen LogP contribution in [-0.4, -0.2) is 35.6 Å². The van der Waals surface area contributed by atoms with Crippen molar-refractivity contribution in [1.82, 2.24) is 10.2 Å². The number of nitrogens with one attached hydrogen (secondary N) is 1. The van der Waals surface area contributed by atoms with Gasteiger partial charge in [0.15, 0.2) is 0 Å². The van der Waals surface area contributed by atoms with Gasteiger partial charge in [-0.15, -0.1) is 0 Å². The molecule has 0 spiro atoms. The zero-order chi connectivity index (χ0) is 17.4. The van der Waals surface area contributed by atoms with Crippen molar-refractivity contribution < 1.29 is 14.3 Å². The number of fused-ring (bicyclic) bond motifs is 4. The molecule has 25 heavy (non-hydrogen) atoms. The fraction of sp³-hybridized carbons (Fsp3) is 0.579. The smallest absolute Gasteiger partial charge is 0.407 e. The second-order valence-electron chi connectivity index (χ2n) is 7.35. The number of benzene rings is 1. The van der Waals surface area contributed by atoms with Crippen molar-refractivity contribution >= 4 is 27.9 Å². The molecule has 5 nitrogen and oxygen atoms in total. The highest BCUT2D eigenvalue weighted by Gasteiger charge is 2.52. The minimum Gasteiger partial charge on any atom is -0.446 e. The highest BCUT2D eigenvalue weighted by molar-refractivity contribution is 9.10. The van der Waals surface area contributed by atoms with Crippen molar-refractivity contribution in [3.05, 3.63) is 34.3 Å². The Labute approximate surface area is 156 Å². The van der Waals surface area contributed by atoms with Crippen LogP contribution >= 0.6 is 15.9 Å². The Kier molecular flexibility index (Phi) is 4.71. The molecule has 1 aromatic carbocycles. The van der Waals surface area contributed by atoms with Gasteiger partial charge in [0.1, 0.15) is 6.10 Å². The van der Waals surface area contributed by atoms with Gasteiger partial charge in [0.25, 0.3) is 0 Å². The van der Waals surface area contributed by atoms with Gasteiger partial charge in [-0.2, -0.15) is 0 Å². The van der Waals surface area contributed by atoms with Crippen LogP contribution in [0.25, 0.3) is 0 Å².